The Bertz CT molecular complexity index is 883. The fraction of sp³-hybridized carbons (Fsp3) is 0.318. The molecule has 0 saturated carbocycles. The summed E-state index contributed by atoms with van der Waals surface area (Å²) in [6.07, 6.45) is 0. The van der Waals surface area contributed by atoms with Crippen LogP contribution < -0.4 is 4.74 Å². The molecule has 1 aliphatic heterocycles. The van der Waals surface area contributed by atoms with E-state index in [1.54, 1.807) is 0 Å². The van der Waals surface area contributed by atoms with E-state index in [0.717, 1.165) is 36.5 Å². The number of hydrogen-bond acceptors (Lipinski definition) is 5. The van der Waals surface area contributed by atoms with E-state index in [9.17, 15) is 9.18 Å². The number of nitrogens with zero attached hydrogens (tertiary/aromatic N) is 2. The Morgan fingerprint density at radius 1 is 0.968 bits per heavy atom. The Morgan fingerprint density at radius 2 is 1.58 bits per heavy atom. The van der Waals surface area contributed by atoms with Crippen molar-refractivity contribution in [3.8, 4) is 5.75 Å². The molecule has 1 saturated heterocycles. The Balaban J connectivity index is 0.000000501. The van der Waals surface area contributed by atoms with Crippen molar-refractivity contribution in [2.45, 2.75) is 13.5 Å². The van der Waals surface area contributed by atoms with Gasteiger partial charge in [-0.1, -0.05) is 24.3 Å². The number of amides is 1. The molecule has 0 atom stereocenters. The van der Waals surface area contributed by atoms with Gasteiger partial charge in [-0.2, -0.15) is 0 Å². The number of piperazine rings is 1. The molecule has 1 aliphatic rings. The van der Waals surface area contributed by atoms with E-state index in [1.807, 2.05) is 48.2 Å². The van der Waals surface area contributed by atoms with E-state index in [-0.39, 0.29) is 18.3 Å². The average molecular weight is 432 g/mol. The molecule has 2 aromatic rings. The van der Waals surface area contributed by atoms with Crippen LogP contribution in [0.15, 0.2) is 48.5 Å². The second-order valence-corrected chi connectivity index (χ2v) is 7.00. The van der Waals surface area contributed by atoms with Crippen molar-refractivity contribution in [3.63, 3.8) is 0 Å². The van der Waals surface area contributed by atoms with Crippen LogP contribution in [0.4, 0.5) is 4.39 Å². The van der Waals surface area contributed by atoms with Crippen molar-refractivity contribution in [2.75, 3.05) is 32.8 Å². The summed E-state index contributed by atoms with van der Waals surface area (Å²) in [5.74, 6) is -3.12. The van der Waals surface area contributed by atoms with Crippen LogP contribution in [-0.4, -0.2) is 70.6 Å². The minimum Gasteiger partial charge on any atom is -0.484 e. The quantitative estimate of drug-likeness (QED) is 0.696. The molecule has 0 aliphatic carbocycles. The number of carboxylic acid groups (broad SMARTS) is 2. The lowest BCUT2D eigenvalue weighted by Gasteiger charge is -2.34. The molecule has 0 aromatic heterocycles. The minimum absolute atomic E-state index is 0.0166. The van der Waals surface area contributed by atoms with Gasteiger partial charge in [0.2, 0.25) is 0 Å². The van der Waals surface area contributed by atoms with Crippen LogP contribution in [0.5, 0.6) is 5.75 Å². The van der Waals surface area contributed by atoms with Gasteiger partial charge in [0.25, 0.3) is 5.91 Å². The lowest BCUT2D eigenvalue weighted by Crippen LogP contribution is -2.49. The van der Waals surface area contributed by atoms with Crippen molar-refractivity contribution in [3.05, 3.63) is 65.5 Å². The summed E-state index contributed by atoms with van der Waals surface area (Å²) in [4.78, 5) is 34.6. The molecule has 9 heteroatoms. The topological polar surface area (TPSA) is 107 Å². The first-order valence-electron chi connectivity index (χ1n) is 9.65. The molecule has 2 N–H and O–H groups in total. The van der Waals surface area contributed by atoms with Crippen molar-refractivity contribution in [1.29, 1.82) is 0 Å². The van der Waals surface area contributed by atoms with Crippen molar-refractivity contribution >= 4 is 17.8 Å². The molecule has 0 bridgehead atoms. The molecule has 0 unspecified atom stereocenters. The first-order chi connectivity index (χ1) is 14.7. The average Bonchev–Trinajstić information content (AvgIpc) is 2.74. The van der Waals surface area contributed by atoms with Crippen LogP contribution in [-0.2, 0) is 20.9 Å². The van der Waals surface area contributed by atoms with Gasteiger partial charge in [-0.25, -0.2) is 14.0 Å². The highest BCUT2D eigenvalue weighted by atomic mass is 19.1. The van der Waals surface area contributed by atoms with Crippen molar-refractivity contribution in [2.24, 2.45) is 0 Å². The van der Waals surface area contributed by atoms with Gasteiger partial charge in [-0.3, -0.25) is 9.69 Å². The van der Waals surface area contributed by atoms with E-state index in [4.69, 9.17) is 24.5 Å². The Kier molecular flexibility index (Phi) is 8.95. The number of aliphatic carboxylic acids is 2. The fourth-order valence-corrected chi connectivity index (χ4v) is 2.94. The number of hydrogen-bond donors (Lipinski definition) is 2. The van der Waals surface area contributed by atoms with Gasteiger partial charge in [0.05, 0.1) is 0 Å². The molecule has 1 amide bonds. The lowest BCUT2D eigenvalue weighted by atomic mass is 10.2. The van der Waals surface area contributed by atoms with Crippen molar-refractivity contribution < 1.29 is 33.7 Å². The van der Waals surface area contributed by atoms with Crippen LogP contribution in [0.2, 0.25) is 0 Å². The summed E-state index contributed by atoms with van der Waals surface area (Å²) in [6.45, 7) is 5.86. The predicted octanol–water partition coefficient (Wildman–Crippen LogP) is 2.01. The van der Waals surface area contributed by atoms with Crippen LogP contribution in [0.25, 0.3) is 0 Å². The van der Waals surface area contributed by atoms with Gasteiger partial charge in [-0.15, -0.1) is 0 Å². The van der Waals surface area contributed by atoms with Crippen LogP contribution in [0, 0.1) is 12.7 Å². The third-order valence-corrected chi connectivity index (χ3v) is 4.58. The number of aryl methyl sites for hydroxylation is 1. The maximum atomic E-state index is 13.0. The maximum absolute atomic E-state index is 13.0. The van der Waals surface area contributed by atoms with E-state index in [0.29, 0.717) is 13.1 Å². The second kappa shape index (κ2) is 11.7. The Hall–Kier alpha value is -3.46. The van der Waals surface area contributed by atoms with Gasteiger partial charge >= 0.3 is 11.9 Å². The zero-order chi connectivity index (χ0) is 22.8. The van der Waals surface area contributed by atoms with Crippen LogP contribution >= 0.6 is 0 Å². The number of ether oxygens (including phenoxy) is 1. The molecule has 0 radical (unpaired) electrons. The Morgan fingerprint density at radius 3 is 2.13 bits per heavy atom. The molecular weight excluding hydrogens is 407 g/mol. The van der Waals surface area contributed by atoms with E-state index < -0.39 is 11.9 Å². The van der Waals surface area contributed by atoms with Gasteiger partial charge in [0.1, 0.15) is 11.6 Å². The number of benzene rings is 2. The largest absolute Gasteiger partial charge is 0.484 e. The fourth-order valence-electron chi connectivity index (χ4n) is 2.94. The zero-order valence-corrected chi connectivity index (χ0v) is 17.2. The lowest BCUT2D eigenvalue weighted by molar-refractivity contribution is -0.159. The van der Waals surface area contributed by atoms with Gasteiger partial charge in [0, 0.05) is 32.7 Å². The van der Waals surface area contributed by atoms with Gasteiger partial charge in [-0.05, 0) is 42.3 Å². The third-order valence-electron chi connectivity index (χ3n) is 4.58. The second-order valence-electron chi connectivity index (χ2n) is 7.00. The molecule has 31 heavy (non-hydrogen) atoms. The summed E-state index contributed by atoms with van der Waals surface area (Å²) in [5, 5.41) is 14.8. The van der Waals surface area contributed by atoms with Gasteiger partial charge < -0.3 is 19.8 Å². The molecule has 0 spiro atoms. The monoisotopic (exact) mass is 432 g/mol. The van der Waals surface area contributed by atoms with E-state index >= 15 is 0 Å². The molecule has 1 heterocycles. The smallest absolute Gasteiger partial charge is 0.414 e. The highest BCUT2D eigenvalue weighted by Gasteiger charge is 2.21. The SMILES string of the molecule is Cc1cccc(OCC(=O)N2CCN(Cc3ccc(F)cc3)CC2)c1.O=C(O)C(=O)O. The van der Waals surface area contributed by atoms with Crippen LogP contribution in [0.3, 0.4) is 0 Å². The van der Waals surface area contributed by atoms with Crippen molar-refractivity contribution in [1.82, 2.24) is 9.80 Å². The first kappa shape index (κ1) is 23.8. The number of halogens is 1. The summed E-state index contributed by atoms with van der Waals surface area (Å²) in [5.41, 5.74) is 2.20. The number of rotatable bonds is 5. The molecule has 8 nitrogen and oxygen atoms in total. The molecular formula is C22H25FN2O6. The summed E-state index contributed by atoms with van der Waals surface area (Å²) in [7, 11) is 0. The highest BCUT2D eigenvalue weighted by Crippen LogP contribution is 2.13. The molecule has 1 fully saturated rings. The molecule has 2 aromatic carbocycles. The normalized spacial score (nSPS) is 13.7. The predicted molar refractivity (Wildman–Crippen MR) is 110 cm³/mol. The Labute approximate surface area is 179 Å². The molecule has 166 valence electrons. The number of carboxylic acids is 2. The zero-order valence-electron chi connectivity index (χ0n) is 17.2. The highest BCUT2D eigenvalue weighted by molar-refractivity contribution is 6.27. The number of carbonyl (C=O) groups excluding carboxylic acids is 1. The minimum atomic E-state index is -1.82. The summed E-state index contributed by atoms with van der Waals surface area (Å²) in [6, 6.07) is 14.3. The maximum Gasteiger partial charge on any atom is 0.414 e. The molecule has 3 rings (SSSR count). The van der Waals surface area contributed by atoms with E-state index in [2.05, 4.69) is 4.90 Å². The third kappa shape index (κ3) is 8.43. The summed E-state index contributed by atoms with van der Waals surface area (Å²) >= 11 is 0. The van der Waals surface area contributed by atoms with Gasteiger partial charge in [0.15, 0.2) is 6.61 Å². The number of carbonyl (C=O) groups is 3. The standard InChI is InChI=1S/C20H23FN2O2.C2H2O4/c1-16-3-2-4-19(13-16)25-15-20(24)23-11-9-22(10-12-23)14-17-5-7-18(21)8-6-17;3-1(4)2(5)6/h2-8,13H,9-12,14-15H2,1H3;(H,3,4)(H,5,6). The summed E-state index contributed by atoms with van der Waals surface area (Å²) < 4.78 is 18.5. The van der Waals surface area contributed by atoms with E-state index in [1.165, 1.54) is 12.1 Å². The first-order valence-corrected chi connectivity index (χ1v) is 9.65. The van der Waals surface area contributed by atoms with Crippen LogP contribution in [0.1, 0.15) is 11.1 Å².